The fraction of sp³-hybridized carbons (Fsp3) is 0.0714. The van der Waals surface area contributed by atoms with Crippen molar-refractivity contribution >= 4 is 17.6 Å². The van der Waals surface area contributed by atoms with Crippen LogP contribution >= 0.6 is 0 Å². The number of nitrogens with one attached hydrogen (secondary N) is 1. The van der Waals surface area contributed by atoms with E-state index in [4.69, 9.17) is 0 Å². The van der Waals surface area contributed by atoms with Crippen molar-refractivity contribution in [2.75, 3.05) is 5.43 Å². The van der Waals surface area contributed by atoms with Gasteiger partial charge in [-0.05, 0) is 12.1 Å². The number of nitro benzene ring substituents is 1. The number of hydrogen-bond donors (Lipinski definition) is 1. The molecule has 0 aliphatic carbocycles. The highest BCUT2D eigenvalue weighted by atomic mass is 19.4. The second-order valence-electron chi connectivity index (χ2n) is 4.27. The van der Waals surface area contributed by atoms with Gasteiger partial charge in [0, 0.05) is 17.7 Å². The van der Waals surface area contributed by atoms with Gasteiger partial charge in [0.1, 0.15) is 0 Å². The number of non-ortho nitro benzene ring substituents is 1. The van der Waals surface area contributed by atoms with Gasteiger partial charge < -0.3 is 0 Å². The van der Waals surface area contributed by atoms with E-state index in [2.05, 4.69) is 10.5 Å². The molecule has 0 amide bonds. The minimum absolute atomic E-state index is 0.125. The summed E-state index contributed by atoms with van der Waals surface area (Å²) in [6.07, 6.45) is -3.29. The number of alkyl halides is 3. The van der Waals surface area contributed by atoms with E-state index in [1.165, 1.54) is 42.6 Å². The smallest absolute Gasteiger partial charge is 0.278 e. The molecule has 1 N–H and O–H groups in total. The first-order valence-corrected chi connectivity index (χ1v) is 6.07. The Hall–Kier alpha value is -2.90. The van der Waals surface area contributed by atoms with Gasteiger partial charge in [0.15, 0.2) is 0 Å². The summed E-state index contributed by atoms with van der Waals surface area (Å²) in [6, 6.07) is 10.5. The van der Waals surface area contributed by atoms with Crippen LogP contribution in [0.1, 0.15) is 11.1 Å². The topological polar surface area (TPSA) is 67.5 Å². The zero-order chi connectivity index (χ0) is 16.2. The number of hydrogen-bond acceptors (Lipinski definition) is 4. The summed E-state index contributed by atoms with van der Waals surface area (Å²) < 4.78 is 38.3. The van der Waals surface area contributed by atoms with Crippen molar-refractivity contribution < 1.29 is 18.1 Å². The molecule has 0 spiro atoms. The molecule has 114 valence electrons. The van der Waals surface area contributed by atoms with Gasteiger partial charge in [-0.15, -0.1) is 0 Å². The molecule has 0 radical (unpaired) electrons. The molecule has 0 saturated carbocycles. The predicted octanol–water partition coefficient (Wildman–Crippen LogP) is 4.06. The van der Waals surface area contributed by atoms with Gasteiger partial charge in [0.25, 0.3) is 5.69 Å². The number of para-hydroxylation sites is 1. The van der Waals surface area contributed by atoms with Gasteiger partial charge in [-0.1, -0.05) is 24.3 Å². The van der Waals surface area contributed by atoms with Crippen molar-refractivity contribution in [2.45, 2.75) is 6.18 Å². The van der Waals surface area contributed by atoms with Gasteiger partial charge in [-0.2, -0.15) is 18.3 Å². The first kappa shape index (κ1) is 15.5. The van der Waals surface area contributed by atoms with Gasteiger partial charge in [-0.3, -0.25) is 15.5 Å². The minimum atomic E-state index is -4.50. The predicted molar refractivity (Wildman–Crippen MR) is 75.8 cm³/mol. The molecular formula is C14H10F3N3O2. The zero-order valence-electron chi connectivity index (χ0n) is 11.0. The van der Waals surface area contributed by atoms with Crippen LogP contribution in [-0.2, 0) is 6.18 Å². The van der Waals surface area contributed by atoms with E-state index in [0.717, 1.165) is 6.07 Å². The molecule has 2 aromatic rings. The average molecular weight is 309 g/mol. The van der Waals surface area contributed by atoms with E-state index < -0.39 is 16.7 Å². The second kappa shape index (κ2) is 6.25. The van der Waals surface area contributed by atoms with Crippen LogP contribution in [0.5, 0.6) is 0 Å². The SMILES string of the molecule is O=[N+]([O-])c1cccc(/C=N\Nc2ccccc2C(F)(F)F)c1. The molecule has 0 atom stereocenters. The Bertz CT molecular complexity index is 714. The van der Waals surface area contributed by atoms with Crippen molar-refractivity contribution in [3.63, 3.8) is 0 Å². The summed E-state index contributed by atoms with van der Waals surface area (Å²) in [4.78, 5) is 10.1. The summed E-state index contributed by atoms with van der Waals surface area (Å²) >= 11 is 0. The number of benzene rings is 2. The molecule has 22 heavy (non-hydrogen) atoms. The molecule has 0 aliphatic rings. The molecule has 2 rings (SSSR count). The lowest BCUT2D eigenvalue weighted by Crippen LogP contribution is -2.08. The molecule has 0 heterocycles. The number of halogens is 3. The highest BCUT2D eigenvalue weighted by molar-refractivity contribution is 5.81. The quantitative estimate of drug-likeness (QED) is 0.526. The van der Waals surface area contributed by atoms with Crippen LogP contribution in [0.3, 0.4) is 0 Å². The minimum Gasteiger partial charge on any atom is -0.278 e. The van der Waals surface area contributed by atoms with E-state index in [-0.39, 0.29) is 11.4 Å². The summed E-state index contributed by atoms with van der Waals surface area (Å²) in [6.45, 7) is 0. The summed E-state index contributed by atoms with van der Waals surface area (Å²) in [5.74, 6) is 0. The first-order valence-electron chi connectivity index (χ1n) is 6.07. The number of rotatable bonds is 4. The van der Waals surface area contributed by atoms with Crippen molar-refractivity contribution in [1.82, 2.24) is 0 Å². The lowest BCUT2D eigenvalue weighted by Gasteiger charge is -2.11. The number of anilines is 1. The monoisotopic (exact) mass is 309 g/mol. The molecule has 0 saturated heterocycles. The lowest BCUT2D eigenvalue weighted by molar-refractivity contribution is -0.384. The van der Waals surface area contributed by atoms with Crippen molar-refractivity contribution in [1.29, 1.82) is 0 Å². The molecule has 0 fully saturated rings. The summed E-state index contributed by atoms with van der Waals surface area (Å²) in [5, 5.41) is 14.3. The average Bonchev–Trinajstić information content (AvgIpc) is 2.47. The van der Waals surface area contributed by atoms with E-state index >= 15 is 0 Å². The van der Waals surface area contributed by atoms with Crippen LogP contribution in [0.15, 0.2) is 53.6 Å². The zero-order valence-corrected chi connectivity index (χ0v) is 11.0. The number of nitrogens with zero attached hydrogens (tertiary/aromatic N) is 2. The molecular weight excluding hydrogens is 299 g/mol. The van der Waals surface area contributed by atoms with Crippen LogP contribution in [0.4, 0.5) is 24.5 Å². The Morgan fingerprint density at radius 3 is 2.55 bits per heavy atom. The fourth-order valence-corrected chi connectivity index (χ4v) is 1.72. The van der Waals surface area contributed by atoms with E-state index in [9.17, 15) is 23.3 Å². The van der Waals surface area contributed by atoms with Crippen molar-refractivity contribution in [3.8, 4) is 0 Å². The Morgan fingerprint density at radius 2 is 1.86 bits per heavy atom. The van der Waals surface area contributed by atoms with Crippen LogP contribution < -0.4 is 5.43 Å². The maximum absolute atomic E-state index is 12.8. The maximum atomic E-state index is 12.8. The van der Waals surface area contributed by atoms with Crippen LogP contribution in [0, 0.1) is 10.1 Å². The van der Waals surface area contributed by atoms with E-state index in [0.29, 0.717) is 5.56 Å². The van der Waals surface area contributed by atoms with Crippen LogP contribution in [-0.4, -0.2) is 11.1 Å². The second-order valence-corrected chi connectivity index (χ2v) is 4.27. The molecule has 5 nitrogen and oxygen atoms in total. The first-order chi connectivity index (χ1) is 10.4. The van der Waals surface area contributed by atoms with Crippen LogP contribution in [0.25, 0.3) is 0 Å². The van der Waals surface area contributed by atoms with Gasteiger partial charge >= 0.3 is 6.18 Å². The molecule has 2 aromatic carbocycles. The maximum Gasteiger partial charge on any atom is 0.418 e. The molecule has 0 bridgehead atoms. The Kier molecular flexibility index (Phi) is 4.40. The molecule has 8 heteroatoms. The molecule has 0 aliphatic heterocycles. The Morgan fingerprint density at radius 1 is 1.14 bits per heavy atom. The third-order valence-corrected chi connectivity index (χ3v) is 2.71. The van der Waals surface area contributed by atoms with Gasteiger partial charge in [-0.25, -0.2) is 0 Å². The Balaban J connectivity index is 2.17. The van der Waals surface area contributed by atoms with E-state index in [1.54, 1.807) is 6.07 Å². The third kappa shape index (κ3) is 3.81. The molecule has 0 aromatic heterocycles. The normalized spacial score (nSPS) is 11.6. The van der Waals surface area contributed by atoms with E-state index in [1.807, 2.05) is 0 Å². The standard InChI is InChI=1S/C14H10F3N3O2/c15-14(16,17)12-6-1-2-7-13(12)19-18-9-10-4-3-5-11(8-10)20(21)22/h1-9,19H/b18-9-. The van der Waals surface area contributed by atoms with Gasteiger partial charge in [0.2, 0.25) is 0 Å². The number of hydrazone groups is 1. The molecule has 0 unspecified atom stereocenters. The lowest BCUT2D eigenvalue weighted by atomic mass is 10.2. The van der Waals surface area contributed by atoms with Crippen molar-refractivity contribution in [3.05, 3.63) is 69.8 Å². The third-order valence-electron chi connectivity index (χ3n) is 2.71. The van der Waals surface area contributed by atoms with Gasteiger partial charge in [0.05, 0.1) is 22.4 Å². The van der Waals surface area contributed by atoms with Crippen molar-refractivity contribution in [2.24, 2.45) is 5.10 Å². The number of nitro groups is 1. The fourth-order valence-electron chi connectivity index (χ4n) is 1.72. The highest BCUT2D eigenvalue weighted by Gasteiger charge is 2.33. The Labute approximate surface area is 123 Å². The summed E-state index contributed by atoms with van der Waals surface area (Å²) in [5.41, 5.74) is 1.53. The largest absolute Gasteiger partial charge is 0.418 e. The summed E-state index contributed by atoms with van der Waals surface area (Å²) in [7, 11) is 0. The highest BCUT2D eigenvalue weighted by Crippen LogP contribution is 2.34. The van der Waals surface area contributed by atoms with Crippen LogP contribution in [0.2, 0.25) is 0 Å².